The van der Waals surface area contributed by atoms with Gasteiger partial charge in [0.1, 0.15) is 0 Å². The average Bonchev–Trinajstić information content (AvgIpc) is 2.72. The number of nitrogens with zero attached hydrogens (tertiary/aromatic N) is 3. The van der Waals surface area contributed by atoms with Crippen molar-refractivity contribution in [1.82, 2.24) is 20.1 Å². The Morgan fingerprint density at radius 3 is 2.74 bits per heavy atom. The first-order chi connectivity index (χ1) is 9.11. The van der Waals surface area contributed by atoms with Gasteiger partial charge in [-0.1, -0.05) is 30.1 Å². The molecule has 0 spiro atoms. The van der Waals surface area contributed by atoms with E-state index < -0.39 is 0 Å². The predicted octanol–water partition coefficient (Wildman–Crippen LogP) is 3.38. The van der Waals surface area contributed by atoms with E-state index in [0.29, 0.717) is 15.9 Å². The zero-order chi connectivity index (χ0) is 13.8. The fourth-order valence-electron chi connectivity index (χ4n) is 1.68. The van der Waals surface area contributed by atoms with E-state index in [-0.39, 0.29) is 0 Å². The molecule has 1 N–H and O–H groups in total. The standard InChI is InChI=1S/C13H16Cl2N4/c1-3-4-16-6-10-5-13(17-7-11(10)14)19-8-12(15)9(2)18-19/h5,7-8,16H,3-4,6H2,1-2H3. The van der Waals surface area contributed by atoms with Gasteiger partial charge in [0, 0.05) is 12.7 Å². The van der Waals surface area contributed by atoms with Crippen molar-refractivity contribution in [3.8, 4) is 5.82 Å². The first-order valence-corrected chi connectivity index (χ1v) is 6.94. The second-order valence-corrected chi connectivity index (χ2v) is 5.13. The molecule has 0 aromatic carbocycles. The highest BCUT2D eigenvalue weighted by Crippen LogP contribution is 2.19. The topological polar surface area (TPSA) is 42.7 Å². The molecular formula is C13H16Cl2N4. The normalized spacial score (nSPS) is 10.9. The summed E-state index contributed by atoms with van der Waals surface area (Å²) in [5.74, 6) is 0.715. The SMILES string of the molecule is CCCNCc1cc(-n2cc(Cl)c(C)n2)ncc1Cl. The van der Waals surface area contributed by atoms with Crippen LogP contribution >= 0.6 is 23.2 Å². The van der Waals surface area contributed by atoms with Crippen LogP contribution in [0, 0.1) is 6.92 Å². The lowest BCUT2D eigenvalue weighted by Gasteiger charge is -2.08. The van der Waals surface area contributed by atoms with Gasteiger partial charge in [0.2, 0.25) is 0 Å². The van der Waals surface area contributed by atoms with Crippen LogP contribution in [-0.2, 0) is 6.54 Å². The maximum Gasteiger partial charge on any atom is 0.153 e. The van der Waals surface area contributed by atoms with Crippen LogP contribution in [-0.4, -0.2) is 21.3 Å². The van der Waals surface area contributed by atoms with E-state index in [1.807, 2.05) is 13.0 Å². The molecule has 2 heterocycles. The number of pyridine rings is 1. The first kappa shape index (κ1) is 14.3. The lowest BCUT2D eigenvalue weighted by atomic mass is 10.2. The quantitative estimate of drug-likeness (QED) is 0.861. The Morgan fingerprint density at radius 1 is 1.32 bits per heavy atom. The summed E-state index contributed by atoms with van der Waals surface area (Å²) in [6.07, 6.45) is 4.48. The molecule has 4 nitrogen and oxygen atoms in total. The summed E-state index contributed by atoms with van der Waals surface area (Å²) in [5.41, 5.74) is 1.79. The van der Waals surface area contributed by atoms with Crippen LogP contribution in [0.1, 0.15) is 24.6 Å². The third-order valence-corrected chi connectivity index (χ3v) is 3.45. The van der Waals surface area contributed by atoms with Crippen LogP contribution in [0.2, 0.25) is 10.0 Å². The highest BCUT2D eigenvalue weighted by molar-refractivity contribution is 6.31. The van der Waals surface area contributed by atoms with E-state index in [2.05, 4.69) is 22.3 Å². The van der Waals surface area contributed by atoms with Gasteiger partial charge in [0.25, 0.3) is 0 Å². The summed E-state index contributed by atoms with van der Waals surface area (Å²) in [6, 6.07) is 1.92. The number of hydrogen-bond acceptors (Lipinski definition) is 3. The third-order valence-electron chi connectivity index (χ3n) is 2.74. The van der Waals surface area contributed by atoms with Crippen LogP contribution < -0.4 is 5.32 Å². The average molecular weight is 299 g/mol. The minimum absolute atomic E-state index is 0.627. The number of nitrogens with one attached hydrogen (secondary N) is 1. The Bertz CT molecular complexity index is 546. The van der Waals surface area contributed by atoms with Gasteiger partial charge in [0.15, 0.2) is 5.82 Å². The monoisotopic (exact) mass is 298 g/mol. The molecule has 0 aliphatic heterocycles. The van der Waals surface area contributed by atoms with E-state index in [0.717, 1.165) is 30.8 Å². The van der Waals surface area contributed by atoms with Crippen LogP contribution in [0.3, 0.4) is 0 Å². The minimum Gasteiger partial charge on any atom is -0.313 e. The summed E-state index contributed by atoms with van der Waals surface area (Å²) in [6.45, 7) is 5.66. The van der Waals surface area contributed by atoms with Crippen molar-refractivity contribution in [2.45, 2.75) is 26.8 Å². The molecular weight excluding hydrogens is 283 g/mol. The Morgan fingerprint density at radius 2 is 2.11 bits per heavy atom. The van der Waals surface area contributed by atoms with E-state index in [1.165, 1.54) is 0 Å². The van der Waals surface area contributed by atoms with E-state index in [9.17, 15) is 0 Å². The van der Waals surface area contributed by atoms with Crippen molar-refractivity contribution in [2.75, 3.05) is 6.54 Å². The molecule has 2 aromatic heterocycles. The maximum absolute atomic E-state index is 6.14. The molecule has 0 saturated heterocycles. The van der Waals surface area contributed by atoms with Crippen molar-refractivity contribution in [3.05, 3.63) is 39.8 Å². The molecule has 102 valence electrons. The molecule has 19 heavy (non-hydrogen) atoms. The van der Waals surface area contributed by atoms with Gasteiger partial charge in [-0.05, 0) is 31.5 Å². The summed E-state index contributed by atoms with van der Waals surface area (Å²) >= 11 is 12.1. The summed E-state index contributed by atoms with van der Waals surface area (Å²) in [4.78, 5) is 4.27. The maximum atomic E-state index is 6.14. The van der Waals surface area contributed by atoms with E-state index >= 15 is 0 Å². The zero-order valence-corrected chi connectivity index (χ0v) is 12.5. The highest BCUT2D eigenvalue weighted by Gasteiger charge is 2.08. The Kier molecular flexibility index (Phi) is 4.80. The van der Waals surface area contributed by atoms with E-state index in [4.69, 9.17) is 23.2 Å². The molecule has 0 fully saturated rings. The molecule has 0 radical (unpaired) electrons. The third kappa shape index (κ3) is 3.47. The van der Waals surface area contributed by atoms with Crippen LogP contribution in [0.5, 0.6) is 0 Å². The summed E-state index contributed by atoms with van der Waals surface area (Å²) < 4.78 is 1.66. The Hall–Kier alpha value is -1.10. The first-order valence-electron chi connectivity index (χ1n) is 6.19. The minimum atomic E-state index is 0.627. The summed E-state index contributed by atoms with van der Waals surface area (Å²) in [7, 11) is 0. The van der Waals surface area contributed by atoms with Crippen molar-refractivity contribution >= 4 is 23.2 Å². The number of halogens is 2. The van der Waals surface area contributed by atoms with Gasteiger partial charge in [0.05, 0.1) is 21.9 Å². The van der Waals surface area contributed by atoms with Crippen LogP contribution in [0.15, 0.2) is 18.5 Å². The van der Waals surface area contributed by atoms with Gasteiger partial charge < -0.3 is 5.32 Å². The molecule has 6 heteroatoms. The Balaban J connectivity index is 2.24. The van der Waals surface area contributed by atoms with Gasteiger partial charge >= 0.3 is 0 Å². The van der Waals surface area contributed by atoms with Crippen molar-refractivity contribution in [3.63, 3.8) is 0 Å². The molecule has 0 aliphatic rings. The Labute approximate surface area is 122 Å². The molecule has 0 bridgehead atoms. The fourth-order valence-corrected chi connectivity index (χ4v) is 1.99. The van der Waals surface area contributed by atoms with Crippen molar-refractivity contribution < 1.29 is 0 Å². The van der Waals surface area contributed by atoms with Gasteiger partial charge in [-0.15, -0.1) is 0 Å². The second-order valence-electron chi connectivity index (χ2n) is 4.32. The molecule has 2 rings (SSSR count). The van der Waals surface area contributed by atoms with Crippen LogP contribution in [0.4, 0.5) is 0 Å². The van der Waals surface area contributed by atoms with Crippen molar-refractivity contribution in [2.24, 2.45) is 0 Å². The van der Waals surface area contributed by atoms with E-state index in [1.54, 1.807) is 17.1 Å². The second kappa shape index (κ2) is 6.37. The highest BCUT2D eigenvalue weighted by atomic mass is 35.5. The molecule has 2 aromatic rings. The van der Waals surface area contributed by atoms with Gasteiger partial charge in [-0.2, -0.15) is 5.10 Å². The number of aromatic nitrogens is 3. The summed E-state index contributed by atoms with van der Waals surface area (Å²) in [5, 5.41) is 8.91. The molecule has 0 unspecified atom stereocenters. The number of hydrogen-bond donors (Lipinski definition) is 1. The number of aryl methyl sites for hydroxylation is 1. The van der Waals surface area contributed by atoms with Gasteiger partial charge in [-0.25, -0.2) is 9.67 Å². The van der Waals surface area contributed by atoms with Crippen LogP contribution in [0.25, 0.3) is 5.82 Å². The lowest BCUT2D eigenvalue weighted by Crippen LogP contribution is -2.14. The molecule has 0 atom stereocenters. The van der Waals surface area contributed by atoms with Crippen molar-refractivity contribution in [1.29, 1.82) is 0 Å². The van der Waals surface area contributed by atoms with Gasteiger partial charge in [-0.3, -0.25) is 0 Å². The lowest BCUT2D eigenvalue weighted by molar-refractivity contribution is 0.673. The molecule has 0 aliphatic carbocycles. The largest absolute Gasteiger partial charge is 0.313 e. The zero-order valence-electron chi connectivity index (χ0n) is 11.0. The smallest absolute Gasteiger partial charge is 0.153 e. The molecule has 0 saturated carbocycles. The predicted molar refractivity (Wildman–Crippen MR) is 78.1 cm³/mol. The molecule has 0 amide bonds. The number of rotatable bonds is 5. The fraction of sp³-hybridized carbons (Fsp3) is 0.385.